The maximum atomic E-state index is 14.7. The summed E-state index contributed by atoms with van der Waals surface area (Å²) in [6.45, 7) is 2.48. The zero-order valence-corrected chi connectivity index (χ0v) is 16.6. The Hall–Kier alpha value is -3.59. The Morgan fingerprint density at radius 1 is 1.06 bits per heavy atom. The molecule has 1 saturated heterocycles. The molecule has 1 aliphatic heterocycles. The van der Waals surface area contributed by atoms with Crippen LogP contribution in [0, 0.1) is 11.6 Å². The largest absolute Gasteiger partial charge is 0.465 e. The minimum atomic E-state index is -0.619. The van der Waals surface area contributed by atoms with E-state index in [1.54, 1.807) is 16.7 Å². The number of imidazole rings is 1. The lowest BCUT2D eigenvalue weighted by molar-refractivity contribution is 0.0603. The van der Waals surface area contributed by atoms with E-state index >= 15 is 0 Å². The maximum absolute atomic E-state index is 14.7. The van der Waals surface area contributed by atoms with E-state index in [-0.39, 0.29) is 10.9 Å². The fourth-order valence-electron chi connectivity index (χ4n) is 3.94. The fraction of sp³-hybridized carbons (Fsp3) is 0.227. The van der Waals surface area contributed by atoms with Crippen LogP contribution < -0.4 is 4.90 Å². The van der Waals surface area contributed by atoms with Gasteiger partial charge in [-0.15, -0.1) is 0 Å². The van der Waals surface area contributed by atoms with Crippen molar-refractivity contribution in [1.82, 2.24) is 14.5 Å². The summed E-state index contributed by atoms with van der Waals surface area (Å²) >= 11 is 0. The molecular formula is C22H18F2N4O3. The summed E-state index contributed by atoms with van der Waals surface area (Å²) in [7, 11) is 1.31. The second kappa shape index (κ2) is 7.59. The molecule has 0 aliphatic carbocycles. The van der Waals surface area contributed by atoms with Gasteiger partial charge in [-0.2, -0.15) is 0 Å². The van der Waals surface area contributed by atoms with E-state index < -0.39 is 17.6 Å². The third kappa shape index (κ3) is 3.17. The summed E-state index contributed by atoms with van der Waals surface area (Å²) < 4.78 is 41.0. The van der Waals surface area contributed by atoms with Gasteiger partial charge in [0.05, 0.1) is 42.5 Å². The zero-order valence-electron chi connectivity index (χ0n) is 16.6. The van der Waals surface area contributed by atoms with E-state index in [4.69, 9.17) is 9.47 Å². The van der Waals surface area contributed by atoms with Crippen LogP contribution in [0.2, 0.25) is 0 Å². The van der Waals surface area contributed by atoms with E-state index in [9.17, 15) is 13.6 Å². The third-order valence-electron chi connectivity index (χ3n) is 5.45. The number of hydrogen-bond donors (Lipinski definition) is 0. The first-order valence-electron chi connectivity index (χ1n) is 9.73. The minimum Gasteiger partial charge on any atom is -0.465 e. The molecule has 1 fully saturated rings. The number of benzene rings is 2. The van der Waals surface area contributed by atoms with Crippen LogP contribution >= 0.6 is 0 Å². The molecule has 0 amide bonds. The van der Waals surface area contributed by atoms with Gasteiger partial charge in [-0.3, -0.25) is 9.55 Å². The van der Waals surface area contributed by atoms with E-state index in [2.05, 4.69) is 14.9 Å². The van der Waals surface area contributed by atoms with Crippen molar-refractivity contribution in [2.75, 3.05) is 38.3 Å². The van der Waals surface area contributed by atoms with Crippen LogP contribution in [0.15, 0.2) is 42.9 Å². The van der Waals surface area contributed by atoms with Crippen molar-refractivity contribution in [2.24, 2.45) is 0 Å². The van der Waals surface area contributed by atoms with E-state index in [1.807, 2.05) is 6.07 Å². The summed E-state index contributed by atoms with van der Waals surface area (Å²) in [5.74, 6) is -1.74. The van der Waals surface area contributed by atoms with Gasteiger partial charge >= 0.3 is 5.97 Å². The van der Waals surface area contributed by atoms with Gasteiger partial charge in [0, 0.05) is 25.0 Å². The first-order valence-corrected chi connectivity index (χ1v) is 9.73. The van der Waals surface area contributed by atoms with Crippen molar-refractivity contribution in [3.63, 3.8) is 0 Å². The number of morpholine rings is 1. The van der Waals surface area contributed by atoms with Crippen molar-refractivity contribution in [2.45, 2.75) is 0 Å². The molecule has 2 aromatic carbocycles. The van der Waals surface area contributed by atoms with Gasteiger partial charge in [-0.25, -0.2) is 18.6 Å². The van der Waals surface area contributed by atoms with Crippen molar-refractivity contribution in [3.05, 3.63) is 60.1 Å². The predicted octanol–water partition coefficient (Wildman–Crippen LogP) is 3.48. The van der Waals surface area contributed by atoms with Gasteiger partial charge < -0.3 is 14.4 Å². The van der Waals surface area contributed by atoms with Crippen molar-refractivity contribution < 1.29 is 23.0 Å². The molecule has 0 atom stereocenters. The van der Waals surface area contributed by atoms with Gasteiger partial charge in [0.1, 0.15) is 29.0 Å². The Labute approximate surface area is 175 Å². The van der Waals surface area contributed by atoms with E-state index in [0.29, 0.717) is 48.6 Å². The van der Waals surface area contributed by atoms with E-state index in [1.165, 1.54) is 19.6 Å². The topological polar surface area (TPSA) is 69.5 Å². The van der Waals surface area contributed by atoms with Crippen molar-refractivity contribution >= 4 is 33.6 Å². The van der Waals surface area contributed by atoms with Crippen LogP contribution in [0.3, 0.4) is 0 Å². The Morgan fingerprint density at radius 3 is 2.61 bits per heavy atom. The van der Waals surface area contributed by atoms with E-state index in [0.717, 1.165) is 17.8 Å². The number of anilines is 1. The second-order valence-electron chi connectivity index (χ2n) is 7.15. The van der Waals surface area contributed by atoms with Gasteiger partial charge in [0.15, 0.2) is 0 Å². The number of esters is 1. The molecule has 0 radical (unpaired) electrons. The van der Waals surface area contributed by atoms with Crippen molar-refractivity contribution in [1.29, 1.82) is 0 Å². The molecule has 0 spiro atoms. The molecule has 7 nitrogen and oxygen atoms in total. The van der Waals surface area contributed by atoms with Gasteiger partial charge in [0.25, 0.3) is 0 Å². The fourth-order valence-corrected chi connectivity index (χ4v) is 3.94. The summed E-state index contributed by atoms with van der Waals surface area (Å²) in [5, 5.41) is 0.0400. The van der Waals surface area contributed by atoms with Crippen LogP contribution in [0.4, 0.5) is 14.5 Å². The normalized spacial score (nSPS) is 14.4. The Bertz CT molecular complexity index is 1320. The number of carbonyl (C=O) groups is 1. The number of halogens is 2. The van der Waals surface area contributed by atoms with Crippen LogP contribution in [0.25, 0.3) is 27.6 Å². The summed E-state index contributed by atoms with van der Waals surface area (Å²) in [4.78, 5) is 23.0. The molecule has 3 heterocycles. The summed E-state index contributed by atoms with van der Waals surface area (Å²) in [6.07, 6.45) is 2.90. The Morgan fingerprint density at radius 2 is 1.84 bits per heavy atom. The van der Waals surface area contributed by atoms with Crippen LogP contribution in [-0.2, 0) is 9.47 Å². The number of nitrogens with zero attached hydrogens (tertiary/aromatic N) is 4. The van der Waals surface area contributed by atoms with Crippen LogP contribution in [0.1, 0.15) is 10.4 Å². The highest BCUT2D eigenvalue weighted by molar-refractivity contribution is 6.04. The SMILES string of the molecule is COC(=O)c1cc(N2CCOCC2)cc2c1ncn2-c1ccnc2c(F)ccc(F)c12. The first kappa shape index (κ1) is 19.4. The summed E-state index contributed by atoms with van der Waals surface area (Å²) in [5.41, 5.74) is 2.37. The number of carbonyl (C=O) groups excluding carboxylic acids is 1. The first-order chi connectivity index (χ1) is 15.1. The predicted molar refractivity (Wildman–Crippen MR) is 111 cm³/mol. The Balaban J connectivity index is 1.79. The number of methoxy groups -OCH3 is 1. The Kier molecular flexibility index (Phi) is 4.74. The molecule has 5 rings (SSSR count). The lowest BCUT2D eigenvalue weighted by Crippen LogP contribution is -2.36. The maximum Gasteiger partial charge on any atom is 0.340 e. The quantitative estimate of drug-likeness (QED) is 0.469. The number of hydrogen-bond acceptors (Lipinski definition) is 6. The molecule has 0 N–H and O–H groups in total. The number of pyridine rings is 1. The van der Waals surface area contributed by atoms with Gasteiger partial charge in [-0.05, 0) is 30.3 Å². The number of ether oxygens (including phenoxy) is 2. The minimum absolute atomic E-state index is 0.0400. The molecule has 9 heteroatoms. The lowest BCUT2D eigenvalue weighted by atomic mass is 10.1. The standard InChI is InChI=1S/C22H18F2N4O3/c1-30-22(29)14-10-13(27-6-8-31-9-7-27)11-18-20(14)26-12-28(18)17-4-5-25-21-16(24)3-2-15(23)19(17)21/h2-5,10-12H,6-9H2,1H3. The molecule has 0 unspecified atom stereocenters. The molecule has 0 bridgehead atoms. The molecule has 2 aromatic heterocycles. The molecule has 158 valence electrons. The molecule has 4 aromatic rings. The average molecular weight is 424 g/mol. The molecule has 0 saturated carbocycles. The van der Waals surface area contributed by atoms with Crippen LogP contribution in [0.5, 0.6) is 0 Å². The second-order valence-corrected chi connectivity index (χ2v) is 7.15. The number of fused-ring (bicyclic) bond motifs is 2. The summed E-state index contributed by atoms with van der Waals surface area (Å²) in [6, 6.07) is 7.32. The monoisotopic (exact) mass is 424 g/mol. The number of rotatable bonds is 3. The highest BCUT2D eigenvalue weighted by Crippen LogP contribution is 2.32. The van der Waals surface area contributed by atoms with Crippen molar-refractivity contribution in [3.8, 4) is 5.69 Å². The smallest absolute Gasteiger partial charge is 0.340 e. The average Bonchev–Trinajstić information content (AvgIpc) is 3.24. The molecule has 31 heavy (non-hydrogen) atoms. The van der Waals surface area contributed by atoms with Gasteiger partial charge in [0.2, 0.25) is 0 Å². The molecular weight excluding hydrogens is 406 g/mol. The lowest BCUT2D eigenvalue weighted by Gasteiger charge is -2.29. The van der Waals surface area contributed by atoms with Gasteiger partial charge in [-0.1, -0.05) is 0 Å². The highest BCUT2D eigenvalue weighted by atomic mass is 19.1. The third-order valence-corrected chi connectivity index (χ3v) is 5.45. The highest BCUT2D eigenvalue weighted by Gasteiger charge is 2.22. The molecule has 1 aliphatic rings. The number of aromatic nitrogens is 3. The van der Waals surface area contributed by atoms with Crippen LogP contribution in [-0.4, -0.2) is 53.9 Å². The zero-order chi connectivity index (χ0) is 21.5.